The van der Waals surface area contributed by atoms with E-state index < -0.39 is 11.8 Å². The van der Waals surface area contributed by atoms with Crippen molar-refractivity contribution in [1.29, 1.82) is 0 Å². The van der Waals surface area contributed by atoms with Crippen LogP contribution in [-0.2, 0) is 6.54 Å². The van der Waals surface area contributed by atoms with E-state index in [4.69, 9.17) is 10.5 Å². The first-order valence-electron chi connectivity index (χ1n) is 7.76. The van der Waals surface area contributed by atoms with Gasteiger partial charge in [0.05, 0.1) is 12.6 Å². The normalized spacial score (nSPS) is 10.5. The van der Waals surface area contributed by atoms with Gasteiger partial charge in [0, 0.05) is 17.6 Å². The van der Waals surface area contributed by atoms with Crippen molar-refractivity contribution in [2.75, 3.05) is 12.4 Å². The Hall–Kier alpha value is -3.55. The molecule has 0 aliphatic rings. The fourth-order valence-electron chi connectivity index (χ4n) is 2.59. The molecule has 1 aromatic heterocycles. The highest BCUT2D eigenvalue weighted by atomic mass is 19.1. The van der Waals surface area contributed by atoms with Gasteiger partial charge in [-0.3, -0.25) is 4.79 Å². The molecule has 0 bridgehead atoms. The third kappa shape index (κ3) is 3.59. The summed E-state index contributed by atoms with van der Waals surface area (Å²) in [6.45, 7) is 0.269. The summed E-state index contributed by atoms with van der Waals surface area (Å²) in [7, 11) is 1.48. The fourth-order valence-corrected chi connectivity index (χ4v) is 2.59. The van der Waals surface area contributed by atoms with Crippen LogP contribution in [0, 0.1) is 5.82 Å². The van der Waals surface area contributed by atoms with Crippen molar-refractivity contribution in [3.63, 3.8) is 0 Å². The molecule has 0 radical (unpaired) electrons. The summed E-state index contributed by atoms with van der Waals surface area (Å²) in [6, 6.07) is 10.5. The number of hydrogen-bond acceptors (Lipinski definition) is 3. The number of ether oxygens (including phenoxy) is 1. The van der Waals surface area contributed by atoms with Crippen LogP contribution in [0.25, 0.3) is 10.9 Å². The number of amides is 3. The maximum absolute atomic E-state index is 13.9. The van der Waals surface area contributed by atoms with Crippen molar-refractivity contribution in [2.24, 2.45) is 5.73 Å². The molecule has 7 nitrogen and oxygen atoms in total. The van der Waals surface area contributed by atoms with E-state index in [1.54, 1.807) is 30.3 Å². The lowest BCUT2D eigenvalue weighted by Gasteiger charge is -2.06. The zero-order valence-electron chi connectivity index (χ0n) is 13.9. The van der Waals surface area contributed by atoms with Crippen molar-refractivity contribution in [2.45, 2.75) is 6.54 Å². The van der Waals surface area contributed by atoms with E-state index in [0.717, 1.165) is 5.56 Å². The molecule has 0 aliphatic heterocycles. The lowest BCUT2D eigenvalue weighted by molar-refractivity contribution is 0.0946. The topological polar surface area (TPSA) is 109 Å². The Morgan fingerprint density at radius 2 is 1.92 bits per heavy atom. The third-order valence-corrected chi connectivity index (χ3v) is 3.84. The van der Waals surface area contributed by atoms with Gasteiger partial charge in [0.2, 0.25) is 0 Å². The molecule has 0 saturated carbocycles. The van der Waals surface area contributed by atoms with E-state index in [2.05, 4.69) is 15.6 Å². The van der Waals surface area contributed by atoms with Crippen LogP contribution in [0.3, 0.4) is 0 Å². The standard InChI is InChI=1S/C18H17FN4O3/c1-26-15-7-6-13(19)16-12(15)8-14(23-16)17(24)21-9-10-2-4-11(5-3-10)22-18(20)25/h2-8,23H,9H2,1H3,(H,21,24)(H3,20,22,25). The van der Waals surface area contributed by atoms with Crippen LogP contribution in [0.1, 0.15) is 16.1 Å². The number of urea groups is 1. The number of carbonyl (C=O) groups excluding carboxylic acids is 2. The number of carbonyl (C=O) groups is 2. The average Bonchev–Trinajstić information content (AvgIpc) is 3.07. The lowest BCUT2D eigenvalue weighted by atomic mass is 10.2. The first-order chi connectivity index (χ1) is 12.5. The summed E-state index contributed by atoms with van der Waals surface area (Å²) in [4.78, 5) is 25.9. The molecule has 0 fully saturated rings. The minimum atomic E-state index is -0.646. The molecule has 0 atom stereocenters. The van der Waals surface area contributed by atoms with Crippen LogP contribution in [0.5, 0.6) is 5.75 Å². The molecule has 134 valence electrons. The zero-order chi connectivity index (χ0) is 18.7. The van der Waals surface area contributed by atoms with Gasteiger partial charge in [0.25, 0.3) is 5.91 Å². The smallest absolute Gasteiger partial charge is 0.316 e. The number of hydrogen-bond donors (Lipinski definition) is 4. The molecule has 0 spiro atoms. The highest BCUT2D eigenvalue weighted by molar-refractivity contribution is 5.99. The molecule has 3 rings (SSSR count). The number of primary amides is 1. The summed E-state index contributed by atoms with van der Waals surface area (Å²) in [5.41, 5.74) is 6.88. The molecular weight excluding hydrogens is 339 g/mol. The van der Waals surface area contributed by atoms with Gasteiger partial charge in [-0.1, -0.05) is 12.1 Å². The monoisotopic (exact) mass is 356 g/mol. The number of methoxy groups -OCH3 is 1. The van der Waals surface area contributed by atoms with E-state index in [0.29, 0.717) is 16.8 Å². The van der Waals surface area contributed by atoms with Crippen LogP contribution in [-0.4, -0.2) is 24.0 Å². The van der Waals surface area contributed by atoms with Crippen molar-refractivity contribution in [3.8, 4) is 5.75 Å². The maximum atomic E-state index is 13.9. The van der Waals surface area contributed by atoms with Gasteiger partial charge in [-0.2, -0.15) is 0 Å². The summed E-state index contributed by atoms with van der Waals surface area (Å²) >= 11 is 0. The van der Waals surface area contributed by atoms with E-state index in [9.17, 15) is 14.0 Å². The first-order valence-corrected chi connectivity index (χ1v) is 7.76. The zero-order valence-corrected chi connectivity index (χ0v) is 13.9. The molecule has 3 aromatic rings. The predicted octanol–water partition coefficient (Wildman–Crippen LogP) is 2.74. The summed E-state index contributed by atoms with van der Waals surface area (Å²) in [6.07, 6.45) is 0. The largest absolute Gasteiger partial charge is 0.496 e. The van der Waals surface area contributed by atoms with Gasteiger partial charge in [-0.05, 0) is 35.9 Å². The molecule has 5 N–H and O–H groups in total. The number of benzene rings is 2. The number of nitrogens with one attached hydrogen (secondary N) is 3. The first kappa shape index (κ1) is 17.3. The minimum Gasteiger partial charge on any atom is -0.496 e. The number of aromatic amines is 1. The Morgan fingerprint density at radius 1 is 1.19 bits per heavy atom. The number of anilines is 1. The number of fused-ring (bicyclic) bond motifs is 1. The van der Waals surface area contributed by atoms with Crippen molar-refractivity contribution in [1.82, 2.24) is 10.3 Å². The van der Waals surface area contributed by atoms with Crippen molar-refractivity contribution >= 4 is 28.5 Å². The number of nitrogens with two attached hydrogens (primary N) is 1. The molecular formula is C18H17FN4O3. The SMILES string of the molecule is COc1ccc(F)c2[nH]c(C(=O)NCc3ccc(NC(N)=O)cc3)cc12. The summed E-state index contributed by atoms with van der Waals surface area (Å²) in [5, 5.41) is 5.70. The van der Waals surface area contributed by atoms with Crippen molar-refractivity contribution in [3.05, 3.63) is 59.5 Å². The quantitative estimate of drug-likeness (QED) is 0.564. The van der Waals surface area contributed by atoms with Gasteiger partial charge in [0.15, 0.2) is 0 Å². The number of halogens is 1. The van der Waals surface area contributed by atoms with Crippen LogP contribution < -0.4 is 21.1 Å². The number of H-pyrrole nitrogens is 1. The van der Waals surface area contributed by atoms with Gasteiger partial charge < -0.3 is 26.1 Å². The van der Waals surface area contributed by atoms with E-state index in [1.165, 1.54) is 19.2 Å². The van der Waals surface area contributed by atoms with Gasteiger partial charge >= 0.3 is 6.03 Å². The Kier molecular flexibility index (Phi) is 4.74. The number of aromatic nitrogens is 1. The summed E-state index contributed by atoms with van der Waals surface area (Å²) in [5.74, 6) is -0.353. The van der Waals surface area contributed by atoms with Gasteiger partial charge in [-0.15, -0.1) is 0 Å². The molecule has 26 heavy (non-hydrogen) atoms. The van der Waals surface area contributed by atoms with E-state index in [-0.39, 0.29) is 23.7 Å². The van der Waals surface area contributed by atoms with Crippen LogP contribution in [0.4, 0.5) is 14.9 Å². The molecule has 2 aromatic carbocycles. The van der Waals surface area contributed by atoms with Gasteiger partial charge in [-0.25, -0.2) is 9.18 Å². The van der Waals surface area contributed by atoms with Crippen LogP contribution >= 0.6 is 0 Å². The second-order valence-electron chi connectivity index (χ2n) is 5.59. The lowest BCUT2D eigenvalue weighted by Crippen LogP contribution is -2.23. The Morgan fingerprint density at radius 3 is 2.58 bits per heavy atom. The molecule has 8 heteroatoms. The molecule has 1 heterocycles. The predicted molar refractivity (Wildman–Crippen MR) is 95.6 cm³/mol. The Bertz CT molecular complexity index is 966. The third-order valence-electron chi connectivity index (χ3n) is 3.84. The van der Waals surface area contributed by atoms with Crippen LogP contribution in [0.2, 0.25) is 0 Å². The van der Waals surface area contributed by atoms with Crippen LogP contribution in [0.15, 0.2) is 42.5 Å². The maximum Gasteiger partial charge on any atom is 0.316 e. The number of rotatable bonds is 5. The average molecular weight is 356 g/mol. The minimum absolute atomic E-state index is 0.219. The van der Waals surface area contributed by atoms with E-state index in [1.807, 2.05) is 0 Å². The molecule has 0 aliphatic carbocycles. The second kappa shape index (κ2) is 7.14. The second-order valence-corrected chi connectivity index (χ2v) is 5.59. The fraction of sp³-hybridized carbons (Fsp3) is 0.111. The van der Waals surface area contributed by atoms with Crippen molar-refractivity contribution < 1.29 is 18.7 Å². The van der Waals surface area contributed by atoms with E-state index >= 15 is 0 Å². The Labute approximate surface area is 148 Å². The molecule has 0 saturated heterocycles. The molecule has 3 amide bonds. The summed E-state index contributed by atoms with van der Waals surface area (Å²) < 4.78 is 19.1. The highest BCUT2D eigenvalue weighted by Crippen LogP contribution is 2.28. The Balaban J connectivity index is 1.71. The van der Waals surface area contributed by atoms with Gasteiger partial charge in [0.1, 0.15) is 17.3 Å². The molecule has 0 unspecified atom stereocenters. The highest BCUT2D eigenvalue weighted by Gasteiger charge is 2.14.